The summed E-state index contributed by atoms with van der Waals surface area (Å²) < 4.78 is 13.2. The molecule has 2 rings (SSSR count). The molecule has 104 valence electrons. The lowest BCUT2D eigenvalue weighted by atomic mass is 9.99. The van der Waals surface area contributed by atoms with E-state index >= 15 is 0 Å². The predicted molar refractivity (Wildman–Crippen MR) is 84.3 cm³/mol. The van der Waals surface area contributed by atoms with E-state index in [1.807, 2.05) is 6.08 Å². The number of alkyl halides is 1. The molecule has 0 radical (unpaired) electrons. The van der Waals surface area contributed by atoms with E-state index in [2.05, 4.69) is 44.7 Å². The van der Waals surface area contributed by atoms with Crippen molar-refractivity contribution in [1.82, 2.24) is 0 Å². The second kappa shape index (κ2) is 6.97. The topological polar surface area (TPSA) is 18.5 Å². The molecule has 0 amide bonds. The number of hydrogen-bond donors (Lipinski definition) is 0. The van der Waals surface area contributed by atoms with Crippen LogP contribution in [0.4, 0.5) is 0 Å². The highest BCUT2D eigenvalue weighted by molar-refractivity contribution is 9.11. The Kier molecular flexibility index (Phi) is 5.56. The van der Waals surface area contributed by atoms with Gasteiger partial charge >= 0.3 is 0 Å². The fraction of sp³-hybridized carbons (Fsp3) is 0.600. The largest absolute Gasteiger partial charge is 0.491 e. The minimum Gasteiger partial charge on any atom is -0.491 e. The standard InChI is InChI=1S/C15H18Br2O2/c1-3-5-6-7-10(16)13-9-15-14(19-13)8-11(17)12(4-2)18-15/h1,5-6,11-12,14-15H,4,7-9H2,2H3. The van der Waals surface area contributed by atoms with Crippen molar-refractivity contribution >= 4 is 31.9 Å². The molecule has 2 aliphatic rings. The molecule has 4 heteroatoms. The lowest BCUT2D eigenvalue weighted by Gasteiger charge is -2.34. The molecular weight excluding hydrogens is 372 g/mol. The molecule has 2 heterocycles. The summed E-state index contributed by atoms with van der Waals surface area (Å²) in [6.45, 7) is 2.16. The van der Waals surface area contributed by atoms with Crippen molar-refractivity contribution < 1.29 is 9.47 Å². The summed E-state index contributed by atoms with van der Waals surface area (Å²) in [5.74, 6) is 3.49. The highest BCUT2D eigenvalue weighted by Crippen LogP contribution is 2.40. The Morgan fingerprint density at radius 1 is 1.53 bits per heavy atom. The number of fused-ring (bicyclic) bond motifs is 1. The molecule has 0 aromatic heterocycles. The maximum atomic E-state index is 6.10. The van der Waals surface area contributed by atoms with Crippen molar-refractivity contribution in [3.63, 3.8) is 0 Å². The van der Waals surface area contributed by atoms with Gasteiger partial charge in [0.05, 0.1) is 6.10 Å². The molecule has 2 aliphatic heterocycles. The Bertz CT molecular complexity index is 422. The van der Waals surface area contributed by atoms with Gasteiger partial charge in [0.25, 0.3) is 0 Å². The van der Waals surface area contributed by atoms with Crippen LogP contribution in [0.15, 0.2) is 22.4 Å². The first kappa shape index (κ1) is 15.2. The van der Waals surface area contributed by atoms with Gasteiger partial charge in [0, 0.05) is 28.6 Å². The van der Waals surface area contributed by atoms with Gasteiger partial charge in [-0.1, -0.05) is 50.8 Å². The van der Waals surface area contributed by atoms with Crippen molar-refractivity contribution in [2.45, 2.75) is 55.7 Å². The molecule has 0 aliphatic carbocycles. The number of allylic oxidation sites excluding steroid dienone is 3. The van der Waals surface area contributed by atoms with Gasteiger partial charge in [-0.05, 0) is 12.5 Å². The number of terminal acetylenes is 1. The van der Waals surface area contributed by atoms with Crippen LogP contribution in [0.3, 0.4) is 0 Å². The van der Waals surface area contributed by atoms with E-state index in [1.54, 1.807) is 6.08 Å². The van der Waals surface area contributed by atoms with Gasteiger partial charge in [0.15, 0.2) is 0 Å². The Balaban J connectivity index is 2.01. The van der Waals surface area contributed by atoms with Gasteiger partial charge in [-0.3, -0.25) is 0 Å². The third kappa shape index (κ3) is 3.65. The second-order valence-electron chi connectivity index (χ2n) is 4.83. The van der Waals surface area contributed by atoms with Crippen LogP contribution in [0.25, 0.3) is 0 Å². The zero-order valence-electron chi connectivity index (χ0n) is 10.9. The van der Waals surface area contributed by atoms with E-state index in [-0.39, 0.29) is 12.2 Å². The molecule has 2 saturated heterocycles. The Morgan fingerprint density at radius 2 is 2.32 bits per heavy atom. The summed E-state index contributed by atoms with van der Waals surface area (Å²) in [4.78, 5) is 0.387. The van der Waals surface area contributed by atoms with Crippen molar-refractivity contribution in [2.24, 2.45) is 0 Å². The van der Waals surface area contributed by atoms with Crippen LogP contribution in [-0.4, -0.2) is 23.1 Å². The van der Waals surface area contributed by atoms with Crippen LogP contribution in [0.2, 0.25) is 0 Å². The van der Waals surface area contributed by atoms with Crippen LogP contribution in [0, 0.1) is 12.3 Å². The van der Waals surface area contributed by atoms with E-state index in [0.29, 0.717) is 10.9 Å². The predicted octanol–water partition coefficient (Wildman–Crippen LogP) is 4.29. The van der Waals surface area contributed by atoms with Crippen LogP contribution in [0.1, 0.15) is 32.6 Å². The number of halogens is 2. The minimum atomic E-state index is 0.173. The van der Waals surface area contributed by atoms with Crippen LogP contribution in [0.5, 0.6) is 0 Å². The molecule has 0 saturated carbocycles. The molecule has 0 aromatic rings. The summed E-state index contributed by atoms with van der Waals surface area (Å²) in [6.07, 6.45) is 13.2. The molecule has 2 nitrogen and oxygen atoms in total. The fourth-order valence-corrected chi connectivity index (χ4v) is 3.82. The molecule has 0 aromatic carbocycles. The molecule has 0 bridgehead atoms. The van der Waals surface area contributed by atoms with Crippen molar-refractivity contribution in [3.05, 3.63) is 22.4 Å². The highest BCUT2D eigenvalue weighted by atomic mass is 79.9. The maximum absolute atomic E-state index is 6.10. The van der Waals surface area contributed by atoms with Gasteiger partial charge in [-0.25, -0.2) is 0 Å². The van der Waals surface area contributed by atoms with E-state index < -0.39 is 0 Å². The van der Waals surface area contributed by atoms with Gasteiger partial charge in [0.1, 0.15) is 18.0 Å². The molecule has 0 N–H and O–H groups in total. The number of hydrogen-bond acceptors (Lipinski definition) is 2. The summed E-state index contributed by atoms with van der Waals surface area (Å²) in [5.41, 5.74) is 0. The third-order valence-corrected chi connectivity index (χ3v) is 5.25. The number of rotatable bonds is 3. The van der Waals surface area contributed by atoms with Gasteiger partial charge in [0.2, 0.25) is 0 Å². The average molecular weight is 390 g/mol. The number of ether oxygens (including phenoxy) is 2. The Hall–Kier alpha value is -0.240. The quantitative estimate of drug-likeness (QED) is 0.529. The van der Waals surface area contributed by atoms with E-state index in [1.165, 1.54) is 0 Å². The molecule has 0 spiro atoms. The smallest absolute Gasteiger partial charge is 0.126 e. The van der Waals surface area contributed by atoms with Gasteiger partial charge < -0.3 is 9.47 Å². The summed E-state index contributed by atoms with van der Waals surface area (Å²) in [7, 11) is 0. The van der Waals surface area contributed by atoms with Crippen molar-refractivity contribution in [3.8, 4) is 12.3 Å². The Labute approximate surface area is 131 Å². The first-order valence-corrected chi connectivity index (χ1v) is 8.31. The first-order chi connectivity index (χ1) is 9.15. The lowest BCUT2D eigenvalue weighted by Crippen LogP contribution is -2.42. The Morgan fingerprint density at radius 3 is 3.00 bits per heavy atom. The monoisotopic (exact) mass is 388 g/mol. The van der Waals surface area contributed by atoms with E-state index in [9.17, 15) is 0 Å². The van der Waals surface area contributed by atoms with Gasteiger partial charge in [-0.15, -0.1) is 6.42 Å². The van der Waals surface area contributed by atoms with Crippen molar-refractivity contribution in [1.29, 1.82) is 0 Å². The van der Waals surface area contributed by atoms with Crippen LogP contribution >= 0.6 is 31.9 Å². The zero-order valence-corrected chi connectivity index (χ0v) is 14.1. The maximum Gasteiger partial charge on any atom is 0.126 e. The normalized spacial score (nSPS) is 36.7. The lowest BCUT2D eigenvalue weighted by molar-refractivity contribution is -0.0853. The zero-order chi connectivity index (χ0) is 13.8. The first-order valence-electron chi connectivity index (χ1n) is 6.60. The molecule has 4 unspecified atom stereocenters. The summed E-state index contributed by atoms with van der Waals surface area (Å²) in [5, 5.41) is 0. The third-order valence-electron chi connectivity index (χ3n) is 3.52. The fourth-order valence-electron chi connectivity index (χ4n) is 2.51. The SMILES string of the molecule is C#CC=CCC(Br)=C1CC2OC(CC)C(Br)CC2O1. The molecule has 4 atom stereocenters. The second-order valence-corrected chi connectivity index (χ2v) is 6.97. The average Bonchev–Trinajstić information content (AvgIpc) is 2.80. The minimum absolute atomic E-state index is 0.173. The van der Waals surface area contributed by atoms with Crippen LogP contribution < -0.4 is 0 Å². The van der Waals surface area contributed by atoms with Gasteiger partial charge in [-0.2, -0.15) is 0 Å². The highest BCUT2D eigenvalue weighted by Gasteiger charge is 2.42. The van der Waals surface area contributed by atoms with Crippen LogP contribution in [-0.2, 0) is 9.47 Å². The van der Waals surface area contributed by atoms with E-state index in [4.69, 9.17) is 15.9 Å². The summed E-state index contributed by atoms with van der Waals surface area (Å²) >= 11 is 7.28. The summed E-state index contributed by atoms with van der Waals surface area (Å²) in [6, 6.07) is 0. The molecule has 2 fully saturated rings. The molecular formula is C15H18Br2O2. The van der Waals surface area contributed by atoms with Crippen molar-refractivity contribution in [2.75, 3.05) is 0 Å². The molecule has 19 heavy (non-hydrogen) atoms. The van der Waals surface area contributed by atoms with E-state index in [0.717, 1.165) is 35.9 Å².